The number of benzene rings is 3. The van der Waals surface area contributed by atoms with E-state index in [0.717, 1.165) is 34.4 Å². The van der Waals surface area contributed by atoms with Gasteiger partial charge in [-0.2, -0.15) is 8.78 Å². The molecule has 0 bridgehead atoms. The summed E-state index contributed by atoms with van der Waals surface area (Å²) in [6, 6.07) is 16.0. The number of oxazole rings is 1. The van der Waals surface area contributed by atoms with Crippen LogP contribution in [0.4, 0.5) is 29.1 Å². The number of nitrogens with zero attached hydrogens (tertiary/aromatic N) is 6. The smallest absolute Gasteiger partial charge is 0.387 e. The molecule has 0 amide bonds. The van der Waals surface area contributed by atoms with Gasteiger partial charge in [0.15, 0.2) is 17.2 Å². The molecule has 2 saturated heterocycles. The molecule has 16 heteroatoms. The Morgan fingerprint density at radius 1 is 0.966 bits per heavy atom. The Balaban J connectivity index is 1.10. The van der Waals surface area contributed by atoms with Crippen LogP contribution in [0.15, 0.2) is 65.2 Å². The average Bonchev–Trinajstić information content (AvgIpc) is 3.90. The molecule has 58 heavy (non-hydrogen) atoms. The highest BCUT2D eigenvalue weighted by atomic mass is 19.3. The first-order valence-electron chi connectivity index (χ1n) is 18.9. The number of pyridine rings is 1. The van der Waals surface area contributed by atoms with Crippen molar-refractivity contribution in [1.82, 2.24) is 29.7 Å². The van der Waals surface area contributed by atoms with E-state index in [0.29, 0.717) is 60.3 Å². The van der Waals surface area contributed by atoms with Crippen LogP contribution in [0.2, 0.25) is 0 Å². The summed E-state index contributed by atoms with van der Waals surface area (Å²) in [5.74, 6) is -1.21. The van der Waals surface area contributed by atoms with Crippen LogP contribution >= 0.6 is 0 Å². The van der Waals surface area contributed by atoms with E-state index in [9.17, 15) is 32.6 Å². The fraction of sp³-hybridized carbons (Fsp3) is 0.357. The summed E-state index contributed by atoms with van der Waals surface area (Å²) in [6.45, 7) is 5.10. The van der Waals surface area contributed by atoms with Crippen molar-refractivity contribution in [3.8, 4) is 28.3 Å². The summed E-state index contributed by atoms with van der Waals surface area (Å²) in [7, 11) is 0. The molecule has 8 rings (SSSR count). The third kappa shape index (κ3) is 7.78. The lowest BCUT2D eigenvalue weighted by atomic mass is 9.90. The predicted octanol–water partition coefficient (Wildman–Crippen LogP) is 8.26. The Kier molecular flexibility index (Phi) is 10.5. The van der Waals surface area contributed by atoms with E-state index >= 15 is 0 Å². The normalized spacial score (nSPS) is 19.0. The van der Waals surface area contributed by atoms with E-state index in [4.69, 9.17) is 14.1 Å². The van der Waals surface area contributed by atoms with Crippen molar-refractivity contribution in [1.29, 1.82) is 0 Å². The van der Waals surface area contributed by atoms with Crippen molar-refractivity contribution in [2.45, 2.75) is 65.8 Å². The third-order valence-corrected chi connectivity index (χ3v) is 11.1. The van der Waals surface area contributed by atoms with Gasteiger partial charge in [0.1, 0.15) is 16.8 Å². The summed E-state index contributed by atoms with van der Waals surface area (Å²) >= 11 is 0. The SMILES string of the molecule is Cc1c(Nc2nc(C(F)F)nc3cc(CN4CCC(O)C4)cnc23)cccc1-c1cccc(-c2nc3cc(CN4CCC(C)(C(=O)O)C4)c(OC(F)F)cc3o2)c1C. The molecular formula is C42H41F4N7O5. The number of aliphatic hydroxyl groups is 1. The molecule has 0 aliphatic carbocycles. The number of halogens is 4. The zero-order chi connectivity index (χ0) is 40.9. The zero-order valence-electron chi connectivity index (χ0n) is 32.0. The summed E-state index contributed by atoms with van der Waals surface area (Å²) in [5.41, 5.74) is 6.13. The van der Waals surface area contributed by atoms with Gasteiger partial charge in [0, 0.05) is 61.8 Å². The number of anilines is 2. The number of fused-ring (bicyclic) bond motifs is 2. The lowest BCUT2D eigenvalue weighted by Crippen LogP contribution is -2.31. The molecule has 0 saturated carbocycles. The molecule has 3 aromatic carbocycles. The second kappa shape index (κ2) is 15.6. The highest BCUT2D eigenvalue weighted by molar-refractivity contribution is 5.89. The number of carboxylic acid groups (broad SMARTS) is 1. The highest BCUT2D eigenvalue weighted by Gasteiger charge is 2.40. The number of carboxylic acids is 1. The van der Waals surface area contributed by atoms with Gasteiger partial charge in [0.2, 0.25) is 5.89 Å². The number of hydrogen-bond donors (Lipinski definition) is 3. The van der Waals surface area contributed by atoms with Crippen LogP contribution < -0.4 is 10.1 Å². The quantitative estimate of drug-likeness (QED) is 0.102. The first-order chi connectivity index (χ1) is 27.7. The third-order valence-electron chi connectivity index (χ3n) is 11.1. The predicted molar refractivity (Wildman–Crippen MR) is 208 cm³/mol. The van der Waals surface area contributed by atoms with Crippen molar-refractivity contribution in [2.75, 3.05) is 31.5 Å². The Morgan fingerprint density at radius 2 is 1.72 bits per heavy atom. The Hall–Kier alpha value is -5.71. The van der Waals surface area contributed by atoms with Gasteiger partial charge in [-0.3, -0.25) is 19.6 Å². The van der Waals surface area contributed by atoms with Gasteiger partial charge < -0.3 is 24.7 Å². The van der Waals surface area contributed by atoms with Crippen LogP contribution in [-0.4, -0.2) is 84.8 Å². The number of aliphatic carboxylic acids is 1. The number of ether oxygens (including phenoxy) is 1. The molecule has 3 aromatic heterocycles. The van der Waals surface area contributed by atoms with Gasteiger partial charge in [-0.15, -0.1) is 0 Å². The largest absolute Gasteiger partial charge is 0.481 e. The van der Waals surface area contributed by atoms with Crippen LogP contribution in [0.1, 0.15) is 54.3 Å². The molecule has 2 aliphatic rings. The number of alkyl halides is 4. The first kappa shape index (κ1) is 39.1. The summed E-state index contributed by atoms with van der Waals surface area (Å²) in [6.07, 6.45) is -0.530. The number of carbonyl (C=O) groups is 1. The molecule has 2 aliphatic heterocycles. The Bertz CT molecular complexity index is 2530. The minimum Gasteiger partial charge on any atom is -0.481 e. The maximum atomic E-state index is 14.1. The lowest BCUT2D eigenvalue weighted by Gasteiger charge is -2.21. The van der Waals surface area contributed by atoms with Crippen molar-refractivity contribution in [2.24, 2.45) is 5.41 Å². The van der Waals surface area contributed by atoms with Crippen LogP contribution in [0.3, 0.4) is 0 Å². The number of β-amino-alcohol motifs (C(OH)–C–C–N with tert-alkyl or cyclic N) is 1. The summed E-state index contributed by atoms with van der Waals surface area (Å²) in [4.78, 5) is 33.4. The molecular weight excluding hydrogens is 758 g/mol. The number of aliphatic hydroxyl groups excluding tert-OH is 1. The van der Waals surface area contributed by atoms with Crippen LogP contribution in [-0.2, 0) is 17.9 Å². The van der Waals surface area contributed by atoms with Crippen LogP contribution in [0.25, 0.3) is 44.7 Å². The molecule has 2 unspecified atom stereocenters. The standard InChI is InChI=1S/C42H41F4N7O5/c1-22-27(6-4-8-29(22)39-50-31-15-25(33(58-41(45)46)16-34(31)57-39)19-53-13-11-42(3,21-53)40(55)56)28-7-5-9-30(23(28)2)48-37-35-32(49-38(51-37)36(43)44)14-24(17-47-35)18-52-12-10-26(54)20-52/h4-9,14-17,26,36,41,54H,10-13,18-21H2,1-3H3,(H,55,56)(H,48,49,51). The van der Waals surface area contributed by atoms with Gasteiger partial charge in [0.05, 0.1) is 17.0 Å². The minimum absolute atomic E-state index is 0.0739. The Morgan fingerprint density at radius 3 is 2.43 bits per heavy atom. The fourth-order valence-electron chi connectivity index (χ4n) is 7.96. The number of nitrogens with one attached hydrogen (secondary N) is 1. The highest BCUT2D eigenvalue weighted by Crippen LogP contribution is 2.39. The van der Waals surface area contributed by atoms with Gasteiger partial charge >= 0.3 is 12.6 Å². The number of rotatable bonds is 12. The van der Waals surface area contributed by atoms with E-state index in [1.54, 1.807) is 25.3 Å². The summed E-state index contributed by atoms with van der Waals surface area (Å²) in [5, 5.41) is 22.9. The van der Waals surface area contributed by atoms with Gasteiger partial charge in [0.25, 0.3) is 6.43 Å². The van der Waals surface area contributed by atoms with Crippen molar-refractivity contribution < 1.29 is 41.7 Å². The van der Waals surface area contributed by atoms with Crippen molar-refractivity contribution in [3.63, 3.8) is 0 Å². The molecule has 6 aromatic rings. The fourth-order valence-corrected chi connectivity index (χ4v) is 7.96. The van der Waals surface area contributed by atoms with Crippen molar-refractivity contribution in [3.05, 3.63) is 88.9 Å². The van der Waals surface area contributed by atoms with E-state index in [1.165, 1.54) is 6.07 Å². The molecule has 0 spiro atoms. The van der Waals surface area contributed by atoms with Crippen molar-refractivity contribution >= 4 is 39.6 Å². The lowest BCUT2D eigenvalue weighted by molar-refractivity contribution is -0.147. The summed E-state index contributed by atoms with van der Waals surface area (Å²) < 4.78 is 66.3. The molecule has 2 fully saturated rings. The topological polar surface area (TPSA) is 150 Å². The molecule has 3 N–H and O–H groups in total. The molecule has 5 heterocycles. The second-order valence-electron chi connectivity index (χ2n) is 15.4. The van der Waals surface area contributed by atoms with E-state index < -0.39 is 36.3 Å². The number of likely N-dealkylation sites (tertiary alicyclic amines) is 2. The molecule has 12 nitrogen and oxygen atoms in total. The Labute approximate surface area is 330 Å². The average molecular weight is 800 g/mol. The first-order valence-corrected chi connectivity index (χ1v) is 18.9. The monoisotopic (exact) mass is 799 g/mol. The van der Waals surface area contributed by atoms with Crippen LogP contribution in [0, 0.1) is 19.3 Å². The maximum Gasteiger partial charge on any atom is 0.387 e. The number of aromatic nitrogens is 4. The van der Waals surface area contributed by atoms with Gasteiger partial charge in [-0.1, -0.05) is 24.3 Å². The molecule has 302 valence electrons. The van der Waals surface area contributed by atoms with E-state index in [2.05, 4.69) is 25.2 Å². The maximum absolute atomic E-state index is 14.1. The van der Waals surface area contributed by atoms with Gasteiger partial charge in [-0.25, -0.2) is 23.7 Å². The van der Waals surface area contributed by atoms with Crippen LogP contribution in [0.5, 0.6) is 5.75 Å². The molecule has 2 atom stereocenters. The molecule has 0 radical (unpaired) electrons. The minimum atomic E-state index is -3.08. The van der Waals surface area contributed by atoms with Gasteiger partial charge in [-0.05, 0) is 92.2 Å². The van der Waals surface area contributed by atoms with E-state index in [-0.39, 0.29) is 41.6 Å². The zero-order valence-corrected chi connectivity index (χ0v) is 32.0. The number of hydrogen-bond acceptors (Lipinski definition) is 11. The second-order valence-corrected chi connectivity index (χ2v) is 15.4. The van der Waals surface area contributed by atoms with E-state index in [1.807, 2.05) is 55.1 Å².